The van der Waals surface area contributed by atoms with Gasteiger partial charge in [-0.1, -0.05) is 0 Å². The van der Waals surface area contributed by atoms with E-state index in [1.165, 1.54) is 0 Å². The lowest BCUT2D eigenvalue weighted by Gasteiger charge is -2.46. The summed E-state index contributed by atoms with van der Waals surface area (Å²) < 4.78 is 6.57. The van der Waals surface area contributed by atoms with Crippen LogP contribution in [-0.2, 0) is 4.74 Å². The minimum atomic E-state index is 0.153. The Hall–Kier alpha value is -1.09. The van der Waals surface area contributed by atoms with E-state index in [2.05, 4.69) is 27.3 Å². The predicted octanol–water partition coefficient (Wildman–Crippen LogP) is 1.85. The van der Waals surface area contributed by atoms with Crippen LogP contribution in [0.5, 0.6) is 0 Å². The number of nitrogens with two attached hydrogens (primary N) is 1. The van der Waals surface area contributed by atoms with Crippen molar-refractivity contribution >= 4 is 21.6 Å². The van der Waals surface area contributed by atoms with Crippen LogP contribution in [0, 0.1) is 17.2 Å². The zero-order valence-corrected chi connectivity index (χ0v) is 11.4. The fraction of sp³-hybridized carbons (Fsp3) is 0.462. The number of benzene rings is 1. The highest BCUT2D eigenvalue weighted by Crippen LogP contribution is 2.40. The highest BCUT2D eigenvalue weighted by molar-refractivity contribution is 9.10. The number of halogens is 1. The van der Waals surface area contributed by atoms with Gasteiger partial charge in [-0.25, -0.2) is 0 Å². The van der Waals surface area contributed by atoms with Crippen molar-refractivity contribution in [1.82, 2.24) is 0 Å². The lowest BCUT2D eigenvalue weighted by molar-refractivity contribution is 0.00535. The van der Waals surface area contributed by atoms with Crippen molar-refractivity contribution in [2.24, 2.45) is 11.7 Å². The Morgan fingerprint density at radius 3 is 3.06 bits per heavy atom. The van der Waals surface area contributed by atoms with E-state index in [1.54, 1.807) is 12.1 Å². The zero-order valence-electron chi connectivity index (χ0n) is 9.77. The number of hydrogen-bond acceptors (Lipinski definition) is 4. The molecule has 0 bridgehead atoms. The Balaban J connectivity index is 1.75. The molecule has 0 aromatic heterocycles. The van der Waals surface area contributed by atoms with E-state index < -0.39 is 0 Å². The van der Waals surface area contributed by atoms with Gasteiger partial charge in [-0.15, -0.1) is 0 Å². The van der Waals surface area contributed by atoms with Crippen molar-refractivity contribution in [3.63, 3.8) is 0 Å². The van der Waals surface area contributed by atoms with Crippen molar-refractivity contribution in [2.75, 3.05) is 11.9 Å². The zero-order chi connectivity index (χ0) is 12.7. The maximum atomic E-state index is 8.83. The number of rotatable bonds is 2. The summed E-state index contributed by atoms with van der Waals surface area (Å²) in [6.45, 7) is 0.815. The Morgan fingerprint density at radius 2 is 2.33 bits per heavy atom. The summed E-state index contributed by atoms with van der Waals surface area (Å²) in [6, 6.07) is 7.94. The van der Waals surface area contributed by atoms with Crippen LogP contribution in [0.2, 0.25) is 0 Å². The first kappa shape index (κ1) is 12.0. The van der Waals surface area contributed by atoms with E-state index in [0.29, 0.717) is 11.5 Å². The molecule has 1 aromatic carbocycles. The van der Waals surface area contributed by atoms with Crippen LogP contribution in [0.3, 0.4) is 0 Å². The second-order valence-corrected chi connectivity index (χ2v) is 5.70. The molecule has 1 heterocycles. The van der Waals surface area contributed by atoms with Gasteiger partial charge in [-0.05, 0) is 40.5 Å². The van der Waals surface area contributed by atoms with Gasteiger partial charge >= 0.3 is 0 Å². The Morgan fingerprint density at radius 1 is 1.50 bits per heavy atom. The third-order valence-electron chi connectivity index (χ3n) is 3.87. The van der Waals surface area contributed by atoms with E-state index in [1.807, 2.05) is 6.07 Å². The number of ether oxygens (including phenoxy) is 1. The average molecular weight is 308 g/mol. The molecular formula is C13H14BrN3O. The van der Waals surface area contributed by atoms with Gasteiger partial charge in [-0.2, -0.15) is 5.26 Å². The summed E-state index contributed by atoms with van der Waals surface area (Å²) in [5.74, 6) is 0.500. The minimum Gasteiger partial charge on any atom is -0.377 e. The highest BCUT2D eigenvalue weighted by Gasteiger charge is 2.52. The van der Waals surface area contributed by atoms with Crippen LogP contribution < -0.4 is 11.1 Å². The first-order valence-electron chi connectivity index (χ1n) is 6.04. The Kier molecular flexibility index (Phi) is 3.02. The molecule has 0 radical (unpaired) electrons. The molecule has 4 unspecified atom stereocenters. The van der Waals surface area contributed by atoms with Gasteiger partial charge in [0.05, 0.1) is 23.8 Å². The Bertz CT molecular complexity index is 513. The van der Waals surface area contributed by atoms with Gasteiger partial charge in [0.25, 0.3) is 0 Å². The first-order chi connectivity index (χ1) is 8.70. The van der Waals surface area contributed by atoms with Crippen molar-refractivity contribution in [1.29, 1.82) is 5.26 Å². The summed E-state index contributed by atoms with van der Waals surface area (Å²) in [6.07, 6.45) is 1.31. The molecule has 18 heavy (non-hydrogen) atoms. The van der Waals surface area contributed by atoms with E-state index in [9.17, 15) is 0 Å². The maximum absolute atomic E-state index is 8.83. The number of fused-ring (bicyclic) bond motifs is 1. The van der Waals surface area contributed by atoms with Gasteiger partial charge in [0.2, 0.25) is 0 Å². The smallest absolute Gasteiger partial charge is 0.0992 e. The molecule has 94 valence electrons. The molecular weight excluding hydrogens is 294 g/mol. The SMILES string of the molecule is N#Cc1ccc(NC2C(N)C3CCOC32)c(Br)c1. The molecule has 1 saturated heterocycles. The van der Waals surface area contributed by atoms with Crippen LogP contribution in [0.25, 0.3) is 0 Å². The van der Waals surface area contributed by atoms with Crippen LogP contribution in [-0.4, -0.2) is 24.8 Å². The fourth-order valence-electron chi connectivity index (χ4n) is 2.81. The van der Waals surface area contributed by atoms with Gasteiger partial charge in [0.15, 0.2) is 0 Å². The fourth-order valence-corrected chi connectivity index (χ4v) is 3.30. The average Bonchev–Trinajstić information content (AvgIpc) is 2.81. The van der Waals surface area contributed by atoms with Crippen molar-refractivity contribution in [3.8, 4) is 6.07 Å². The highest BCUT2D eigenvalue weighted by atomic mass is 79.9. The molecule has 1 saturated carbocycles. The molecule has 4 atom stereocenters. The van der Waals surface area contributed by atoms with Gasteiger partial charge in [0.1, 0.15) is 0 Å². The van der Waals surface area contributed by atoms with Crippen molar-refractivity contribution in [2.45, 2.75) is 24.6 Å². The molecule has 1 aliphatic carbocycles. The lowest BCUT2D eigenvalue weighted by atomic mass is 9.72. The second kappa shape index (κ2) is 4.54. The molecule has 2 aliphatic rings. The summed E-state index contributed by atoms with van der Waals surface area (Å²) in [4.78, 5) is 0. The Labute approximate surface area is 114 Å². The topological polar surface area (TPSA) is 71.1 Å². The normalized spacial score (nSPS) is 33.4. The predicted molar refractivity (Wildman–Crippen MR) is 72.1 cm³/mol. The molecule has 5 heteroatoms. The number of nitrogens with one attached hydrogen (secondary N) is 1. The number of nitrogens with zero attached hydrogens (tertiary/aromatic N) is 1. The molecule has 0 spiro atoms. The van der Waals surface area contributed by atoms with Crippen LogP contribution in [0.15, 0.2) is 22.7 Å². The van der Waals surface area contributed by atoms with Crippen LogP contribution >= 0.6 is 15.9 Å². The number of hydrogen-bond donors (Lipinski definition) is 2. The summed E-state index contributed by atoms with van der Waals surface area (Å²) in [7, 11) is 0. The van der Waals surface area contributed by atoms with Gasteiger partial charge in [0, 0.05) is 28.7 Å². The number of anilines is 1. The third-order valence-corrected chi connectivity index (χ3v) is 4.52. The lowest BCUT2D eigenvalue weighted by Crippen LogP contribution is -2.65. The summed E-state index contributed by atoms with van der Waals surface area (Å²) in [5.41, 5.74) is 7.75. The van der Waals surface area contributed by atoms with Crippen molar-refractivity contribution in [3.05, 3.63) is 28.2 Å². The van der Waals surface area contributed by atoms with Gasteiger partial charge in [-0.3, -0.25) is 0 Å². The number of nitriles is 1. The van der Waals surface area contributed by atoms with Crippen molar-refractivity contribution < 1.29 is 4.74 Å². The largest absolute Gasteiger partial charge is 0.377 e. The molecule has 2 fully saturated rings. The minimum absolute atomic E-state index is 0.153. The second-order valence-electron chi connectivity index (χ2n) is 4.84. The van der Waals surface area contributed by atoms with Crippen LogP contribution in [0.4, 0.5) is 5.69 Å². The van der Waals surface area contributed by atoms with E-state index in [0.717, 1.165) is 23.2 Å². The maximum Gasteiger partial charge on any atom is 0.0992 e. The first-order valence-corrected chi connectivity index (χ1v) is 6.83. The molecule has 3 rings (SSSR count). The quantitative estimate of drug-likeness (QED) is 0.874. The molecule has 4 nitrogen and oxygen atoms in total. The third kappa shape index (κ3) is 1.81. The molecule has 3 N–H and O–H groups in total. The van der Waals surface area contributed by atoms with E-state index in [4.69, 9.17) is 15.7 Å². The van der Waals surface area contributed by atoms with Crippen LogP contribution in [0.1, 0.15) is 12.0 Å². The molecule has 1 aromatic rings. The standard InChI is InChI=1S/C13H14BrN3O/c14-9-5-7(6-15)1-2-10(9)17-12-11(16)8-3-4-18-13(8)12/h1-2,5,8,11-13,17H,3-4,16H2. The van der Waals surface area contributed by atoms with Gasteiger partial charge < -0.3 is 15.8 Å². The molecule has 0 amide bonds. The van der Waals surface area contributed by atoms with E-state index >= 15 is 0 Å². The monoisotopic (exact) mass is 307 g/mol. The summed E-state index contributed by atoms with van der Waals surface area (Å²) >= 11 is 3.47. The summed E-state index contributed by atoms with van der Waals surface area (Å²) in [5, 5.41) is 12.2. The molecule has 1 aliphatic heterocycles. The van der Waals surface area contributed by atoms with E-state index in [-0.39, 0.29) is 18.2 Å².